The Morgan fingerprint density at radius 3 is 2.74 bits per heavy atom. The molecule has 1 N–H and O–H groups in total. The first-order valence-corrected chi connectivity index (χ1v) is 11.7. The van der Waals surface area contributed by atoms with E-state index in [9.17, 15) is 4.39 Å². The molecule has 0 radical (unpaired) electrons. The second-order valence-corrected chi connectivity index (χ2v) is 8.83. The topological polar surface area (TPSA) is 65.9 Å². The number of nitrogens with one attached hydrogen (secondary N) is 1. The van der Waals surface area contributed by atoms with E-state index in [1.165, 1.54) is 5.57 Å². The molecule has 178 valence electrons. The van der Waals surface area contributed by atoms with Crippen molar-refractivity contribution in [2.24, 2.45) is 4.99 Å². The van der Waals surface area contributed by atoms with Gasteiger partial charge in [-0.25, -0.2) is 8.78 Å². The van der Waals surface area contributed by atoms with E-state index in [0.717, 1.165) is 50.9 Å². The van der Waals surface area contributed by atoms with Gasteiger partial charge in [-0.1, -0.05) is 25.5 Å². The molecule has 0 atom stereocenters. The van der Waals surface area contributed by atoms with Crippen LogP contribution in [-0.2, 0) is 6.42 Å². The Bertz CT molecular complexity index is 1180. The quantitative estimate of drug-likeness (QED) is 0.680. The molecular weight excluding hydrogens is 438 g/mol. The Kier molecular flexibility index (Phi) is 6.28. The van der Waals surface area contributed by atoms with E-state index in [1.54, 1.807) is 18.2 Å². The van der Waals surface area contributed by atoms with Crippen molar-refractivity contribution < 1.29 is 13.5 Å². The van der Waals surface area contributed by atoms with Crippen molar-refractivity contribution in [3.8, 4) is 11.6 Å². The molecule has 1 fully saturated rings. The summed E-state index contributed by atoms with van der Waals surface area (Å²) in [4.78, 5) is 18.0. The highest BCUT2D eigenvalue weighted by Gasteiger charge is 2.23. The minimum absolute atomic E-state index is 0.142. The lowest BCUT2D eigenvalue weighted by atomic mass is 10.1. The van der Waals surface area contributed by atoms with Crippen molar-refractivity contribution in [2.45, 2.75) is 26.2 Å². The number of aliphatic imine (C=N–C) groups is 1. The summed E-state index contributed by atoms with van der Waals surface area (Å²) in [5.41, 5.74) is 1.84. The molecule has 34 heavy (non-hydrogen) atoms. The van der Waals surface area contributed by atoms with Gasteiger partial charge in [0.2, 0.25) is 11.8 Å². The molecule has 2 aliphatic heterocycles. The maximum Gasteiger partial charge on any atom is 0.230 e. The summed E-state index contributed by atoms with van der Waals surface area (Å²) in [6, 6.07) is 2.68. The van der Waals surface area contributed by atoms with Gasteiger partial charge in [-0.2, -0.15) is 9.97 Å². The van der Waals surface area contributed by atoms with Gasteiger partial charge in [-0.15, -0.1) is 0 Å². The van der Waals surface area contributed by atoms with Gasteiger partial charge in [-0.3, -0.25) is 4.99 Å². The molecule has 0 spiro atoms. The maximum absolute atomic E-state index is 15.0. The highest BCUT2D eigenvalue weighted by Crippen LogP contribution is 2.34. The van der Waals surface area contributed by atoms with Crippen molar-refractivity contribution in [1.29, 1.82) is 0 Å². The molecule has 1 saturated heterocycles. The number of nitrogens with zero attached hydrogens (tertiary/aromatic N) is 5. The lowest BCUT2D eigenvalue weighted by molar-refractivity contribution is 0.310. The number of fused-ring (bicyclic) bond motifs is 1. The second kappa shape index (κ2) is 9.50. The summed E-state index contributed by atoms with van der Waals surface area (Å²) in [6.45, 7) is 6.08. The molecule has 1 aromatic heterocycles. The van der Waals surface area contributed by atoms with Crippen LogP contribution in [-0.4, -0.2) is 60.5 Å². The molecule has 1 aromatic carbocycles. The van der Waals surface area contributed by atoms with E-state index in [1.807, 2.05) is 6.08 Å². The average molecular weight is 467 g/mol. The Hall–Kier alpha value is -3.33. The van der Waals surface area contributed by atoms with Crippen LogP contribution in [0, 0.1) is 11.6 Å². The number of benzene rings is 1. The van der Waals surface area contributed by atoms with Crippen LogP contribution in [0.3, 0.4) is 0 Å². The molecule has 0 amide bonds. The van der Waals surface area contributed by atoms with Gasteiger partial charge >= 0.3 is 0 Å². The third-order valence-corrected chi connectivity index (χ3v) is 6.24. The van der Waals surface area contributed by atoms with E-state index in [-0.39, 0.29) is 17.2 Å². The van der Waals surface area contributed by atoms with Crippen LogP contribution >= 0.6 is 0 Å². The summed E-state index contributed by atoms with van der Waals surface area (Å²) < 4.78 is 35.4. The fraction of sp³-hybridized carbons (Fsp3) is 0.400. The summed E-state index contributed by atoms with van der Waals surface area (Å²) in [6.07, 6.45) is 7.79. The Morgan fingerprint density at radius 1 is 1.12 bits per heavy atom. The zero-order valence-electron chi connectivity index (χ0n) is 19.4. The number of allylic oxidation sites excluding steroid dienone is 1. The standard InChI is InChI=1S/C25H28F2N6O/c1-3-5-16-12-21(28-15-16)29-22-14-23(31-25(30-22)33-10-8-32(2)9-11-33)34-20-13-19(26)17-6-4-7-18(17)24(20)27/h4,7,12-14H,3,5-6,8-11,15H2,1-2H3,(H,28,29,30,31). The number of ether oxygens (including phenoxy) is 1. The van der Waals surface area contributed by atoms with Gasteiger partial charge in [0, 0.05) is 49.4 Å². The average Bonchev–Trinajstić information content (AvgIpc) is 3.48. The minimum Gasteiger partial charge on any atom is -0.436 e. The van der Waals surface area contributed by atoms with Crippen LogP contribution in [0.2, 0.25) is 0 Å². The number of aromatic nitrogens is 2. The van der Waals surface area contributed by atoms with Gasteiger partial charge in [-0.05, 0) is 31.5 Å². The van der Waals surface area contributed by atoms with Crippen LogP contribution in [0.15, 0.2) is 34.9 Å². The van der Waals surface area contributed by atoms with Gasteiger partial charge in [0.1, 0.15) is 17.5 Å². The molecule has 3 aliphatic rings. The Balaban J connectivity index is 1.45. The minimum atomic E-state index is -0.591. The molecule has 0 saturated carbocycles. The van der Waals surface area contributed by atoms with E-state index in [2.05, 4.69) is 44.0 Å². The van der Waals surface area contributed by atoms with Gasteiger partial charge in [0.25, 0.3) is 0 Å². The third-order valence-electron chi connectivity index (χ3n) is 6.24. The van der Waals surface area contributed by atoms with Crippen LogP contribution in [0.5, 0.6) is 11.6 Å². The molecule has 0 bridgehead atoms. The summed E-state index contributed by atoms with van der Waals surface area (Å²) in [5, 5.41) is 3.24. The summed E-state index contributed by atoms with van der Waals surface area (Å²) in [5.74, 6) is 0.559. The molecule has 9 heteroatoms. The molecule has 1 aliphatic carbocycles. The third kappa shape index (κ3) is 4.65. The number of piperazine rings is 1. The number of hydrogen-bond acceptors (Lipinski definition) is 7. The predicted molar refractivity (Wildman–Crippen MR) is 130 cm³/mol. The number of amidine groups is 1. The van der Waals surface area contributed by atoms with Gasteiger partial charge < -0.3 is 19.9 Å². The number of hydrogen-bond donors (Lipinski definition) is 1. The summed E-state index contributed by atoms with van der Waals surface area (Å²) >= 11 is 0. The SMILES string of the molecule is CCCC1=CC(Nc2cc(Oc3cc(F)c4c(c3F)C=CC4)nc(N3CCN(C)CC3)n2)=NC1. The summed E-state index contributed by atoms with van der Waals surface area (Å²) in [7, 11) is 2.07. The molecule has 0 unspecified atom stereocenters. The van der Waals surface area contributed by atoms with Crippen molar-refractivity contribution >= 4 is 23.7 Å². The number of rotatable bonds is 6. The number of anilines is 2. The molecule has 5 rings (SSSR count). The van der Waals surface area contributed by atoms with Crippen LogP contribution in [0.1, 0.15) is 30.9 Å². The number of halogens is 2. The first-order chi connectivity index (χ1) is 16.5. The first kappa shape index (κ1) is 22.5. The van der Waals surface area contributed by atoms with Crippen LogP contribution in [0.4, 0.5) is 20.5 Å². The van der Waals surface area contributed by atoms with E-state index >= 15 is 4.39 Å². The van der Waals surface area contributed by atoms with Crippen molar-refractivity contribution in [3.05, 3.63) is 52.6 Å². The van der Waals surface area contributed by atoms with Gasteiger partial charge in [0.15, 0.2) is 11.6 Å². The largest absolute Gasteiger partial charge is 0.436 e. The highest BCUT2D eigenvalue weighted by atomic mass is 19.1. The zero-order valence-corrected chi connectivity index (χ0v) is 19.4. The predicted octanol–water partition coefficient (Wildman–Crippen LogP) is 4.42. The smallest absolute Gasteiger partial charge is 0.230 e. The lowest BCUT2D eigenvalue weighted by Gasteiger charge is -2.32. The monoisotopic (exact) mass is 466 g/mol. The molecule has 2 aromatic rings. The zero-order chi connectivity index (χ0) is 23.7. The van der Waals surface area contributed by atoms with Crippen LogP contribution in [0.25, 0.3) is 6.08 Å². The Morgan fingerprint density at radius 2 is 1.94 bits per heavy atom. The maximum atomic E-state index is 15.0. The van der Waals surface area contributed by atoms with Crippen molar-refractivity contribution in [2.75, 3.05) is 50.0 Å². The first-order valence-electron chi connectivity index (χ1n) is 11.7. The van der Waals surface area contributed by atoms with Crippen molar-refractivity contribution in [1.82, 2.24) is 14.9 Å². The molecule has 3 heterocycles. The van der Waals surface area contributed by atoms with Gasteiger partial charge in [0.05, 0.1) is 6.54 Å². The fourth-order valence-corrected chi connectivity index (χ4v) is 4.35. The van der Waals surface area contributed by atoms with E-state index in [4.69, 9.17) is 4.74 Å². The number of likely N-dealkylation sites (N-methyl/N-ethyl adjacent to an activating group) is 1. The normalized spacial score (nSPS) is 17.6. The molecule has 7 nitrogen and oxygen atoms in total. The molecular formula is C25H28F2N6O. The van der Waals surface area contributed by atoms with Crippen LogP contribution < -0.4 is 15.0 Å². The van der Waals surface area contributed by atoms with E-state index in [0.29, 0.717) is 30.3 Å². The van der Waals surface area contributed by atoms with E-state index < -0.39 is 11.6 Å². The lowest BCUT2D eigenvalue weighted by Crippen LogP contribution is -2.45. The van der Waals surface area contributed by atoms with Crippen molar-refractivity contribution in [3.63, 3.8) is 0 Å². The second-order valence-electron chi connectivity index (χ2n) is 8.83. The fourth-order valence-electron chi connectivity index (χ4n) is 4.35. The Labute approximate surface area is 197 Å². The highest BCUT2D eigenvalue weighted by molar-refractivity contribution is 6.05.